The molecule has 3 rings (SSSR count). The lowest BCUT2D eigenvalue weighted by molar-refractivity contribution is -0.114. The minimum atomic E-state index is -0.212. The first-order valence-corrected chi connectivity index (χ1v) is 14.0. The maximum absolute atomic E-state index is 12.9. The molecule has 0 amide bonds. The molecule has 2 aliphatic rings. The van der Waals surface area contributed by atoms with Crippen LogP contribution in [0.4, 0.5) is 0 Å². The zero-order chi connectivity index (χ0) is 30.7. The fraction of sp³-hybridized carbons (Fsp3) is 0.432. The molecule has 1 aromatic rings. The molecule has 2 aliphatic carbocycles. The van der Waals surface area contributed by atoms with Crippen molar-refractivity contribution >= 4 is 17.6 Å². The van der Waals surface area contributed by atoms with E-state index in [4.69, 9.17) is 5.26 Å². The van der Waals surface area contributed by atoms with Crippen LogP contribution in [0.25, 0.3) is 6.08 Å². The topological polar surface area (TPSA) is 57.9 Å². The molecular formula is C37H47NO2. The van der Waals surface area contributed by atoms with E-state index in [1.54, 1.807) is 0 Å². The number of carbonyl (C=O) groups is 2. The molecule has 0 aromatic heterocycles. The number of benzene rings is 1. The van der Waals surface area contributed by atoms with Gasteiger partial charge in [-0.2, -0.15) is 5.26 Å². The van der Waals surface area contributed by atoms with Crippen LogP contribution in [0.1, 0.15) is 88.6 Å². The molecule has 0 heterocycles. The molecule has 0 saturated carbocycles. The van der Waals surface area contributed by atoms with Crippen LogP contribution in [0, 0.1) is 33.0 Å². The summed E-state index contributed by atoms with van der Waals surface area (Å²) in [6.07, 6.45) is 11.4. The summed E-state index contributed by atoms with van der Waals surface area (Å²) in [5, 5.41) is 8.79. The van der Waals surface area contributed by atoms with E-state index >= 15 is 0 Å². The lowest BCUT2D eigenvalue weighted by atomic mass is 9.72. The first-order chi connectivity index (χ1) is 18.2. The van der Waals surface area contributed by atoms with Gasteiger partial charge in [0, 0.05) is 28.4 Å². The van der Waals surface area contributed by atoms with Gasteiger partial charge < -0.3 is 0 Å². The Bertz CT molecular complexity index is 1300. The average molecular weight is 538 g/mol. The maximum Gasteiger partial charge on any atom is 0.186 e. The van der Waals surface area contributed by atoms with Gasteiger partial charge in [-0.25, -0.2) is 0 Å². The molecule has 0 spiro atoms. The first kappa shape index (κ1) is 32.7. The van der Waals surface area contributed by atoms with Crippen molar-refractivity contribution in [3.05, 3.63) is 99.7 Å². The van der Waals surface area contributed by atoms with Crippen LogP contribution in [0.3, 0.4) is 0 Å². The van der Waals surface area contributed by atoms with Gasteiger partial charge in [-0.15, -0.1) is 0 Å². The summed E-state index contributed by atoms with van der Waals surface area (Å²) in [4.78, 5) is 25.4. The van der Waals surface area contributed by atoms with Gasteiger partial charge in [0.05, 0.1) is 6.07 Å². The molecular weight excluding hydrogens is 490 g/mol. The van der Waals surface area contributed by atoms with Crippen LogP contribution in [0.15, 0.2) is 94.2 Å². The second-order valence-corrected chi connectivity index (χ2v) is 14.7. The lowest BCUT2D eigenvalue weighted by Gasteiger charge is -2.31. The summed E-state index contributed by atoms with van der Waals surface area (Å²) in [6.45, 7) is 24.7. The van der Waals surface area contributed by atoms with Crippen molar-refractivity contribution in [2.75, 3.05) is 0 Å². The predicted molar refractivity (Wildman–Crippen MR) is 168 cm³/mol. The van der Waals surface area contributed by atoms with E-state index < -0.39 is 0 Å². The highest BCUT2D eigenvalue weighted by molar-refractivity contribution is 6.12. The van der Waals surface area contributed by atoms with Gasteiger partial charge in [-0.1, -0.05) is 113 Å². The van der Waals surface area contributed by atoms with E-state index in [1.807, 2.05) is 90.1 Å². The van der Waals surface area contributed by atoms with Crippen molar-refractivity contribution < 1.29 is 9.59 Å². The second-order valence-electron chi connectivity index (χ2n) is 14.7. The Hall–Kier alpha value is -3.51. The second kappa shape index (κ2) is 11.9. The Morgan fingerprint density at radius 1 is 0.550 bits per heavy atom. The Balaban J connectivity index is 0.000000286. The normalized spacial score (nSPS) is 16.6. The minimum Gasteiger partial charge on any atom is -0.289 e. The van der Waals surface area contributed by atoms with Gasteiger partial charge in [-0.3, -0.25) is 9.59 Å². The molecule has 0 saturated heterocycles. The van der Waals surface area contributed by atoms with Gasteiger partial charge in [0.25, 0.3) is 0 Å². The van der Waals surface area contributed by atoms with E-state index in [0.29, 0.717) is 0 Å². The van der Waals surface area contributed by atoms with Crippen molar-refractivity contribution in [2.24, 2.45) is 21.7 Å². The molecule has 0 aliphatic heterocycles. The van der Waals surface area contributed by atoms with E-state index in [2.05, 4.69) is 59.8 Å². The Labute approximate surface area is 242 Å². The largest absolute Gasteiger partial charge is 0.289 e. The minimum absolute atomic E-state index is 0.102. The van der Waals surface area contributed by atoms with E-state index in [-0.39, 0.29) is 33.2 Å². The predicted octanol–water partition coefficient (Wildman–Crippen LogP) is 9.56. The smallest absolute Gasteiger partial charge is 0.186 e. The van der Waals surface area contributed by atoms with Gasteiger partial charge >= 0.3 is 0 Å². The van der Waals surface area contributed by atoms with Gasteiger partial charge in [-0.05, 0) is 68.7 Å². The van der Waals surface area contributed by atoms with Crippen LogP contribution in [0.2, 0.25) is 0 Å². The third kappa shape index (κ3) is 8.49. The highest BCUT2D eigenvalue weighted by Gasteiger charge is 2.35. The number of rotatable bonds is 1. The van der Waals surface area contributed by atoms with Gasteiger partial charge in [0.1, 0.15) is 0 Å². The number of hydrogen-bond acceptors (Lipinski definition) is 3. The summed E-state index contributed by atoms with van der Waals surface area (Å²) in [5.41, 5.74) is 5.66. The van der Waals surface area contributed by atoms with Crippen LogP contribution in [-0.2, 0) is 9.59 Å². The van der Waals surface area contributed by atoms with Crippen LogP contribution in [-0.4, -0.2) is 11.6 Å². The van der Waals surface area contributed by atoms with Crippen molar-refractivity contribution in [3.8, 4) is 6.07 Å². The van der Waals surface area contributed by atoms with E-state index in [0.717, 1.165) is 39.0 Å². The molecule has 40 heavy (non-hydrogen) atoms. The first-order valence-electron chi connectivity index (χ1n) is 14.0. The van der Waals surface area contributed by atoms with Crippen LogP contribution < -0.4 is 0 Å². The Morgan fingerprint density at radius 2 is 0.875 bits per heavy atom. The van der Waals surface area contributed by atoms with E-state index in [1.165, 1.54) is 6.08 Å². The molecule has 212 valence electrons. The SMILES string of the molecule is CC(C)(C)C1=CC(=CC#N)C=C(C(C)(C)C)C1=O.CC(C)(C)C1=CC(=Cc2ccccc2)C=C(C(C)(C)C)C1=O. The fourth-order valence-electron chi connectivity index (χ4n) is 4.51. The molecule has 0 fully saturated rings. The van der Waals surface area contributed by atoms with Crippen molar-refractivity contribution in [1.29, 1.82) is 5.26 Å². The standard InChI is InChI=1S/C21H26O.C16H21NO/c1-20(2,3)17-13-16(12-15-10-8-7-9-11-15)14-18(19(17)22)21(4,5)6;1-15(2,3)12-9-11(7-8-17)10-13(14(12)18)16(4,5)6/h7-14H,1-6H3;7,9-10H,1-6H3. The van der Waals surface area contributed by atoms with Crippen LogP contribution in [0.5, 0.6) is 0 Å². The quantitative estimate of drug-likeness (QED) is 0.335. The van der Waals surface area contributed by atoms with Gasteiger partial charge in [0.2, 0.25) is 0 Å². The summed E-state index contributed by atoms with van der Waals surface area (Å²) in [6, 6.07) is 12.3. The lowest BCUT2D eigenvalue weighted by Crippen LogP contribution is -2.27. The Kier molecular flexibility index (Phi) is 9.75. The van der Waals surface area contributed by atoms with Crippen molar-refractivity contribution in [3.63, 3.8) is 0 Å². The monoisotopic (exact) mass is 537 g/mol. The maximum atomic E-state index is 12.9. The molecule has 0 atom stereocenters. The number of nitriles is 1. The number of Topliss-reactive ketones (excluding diaryl/α,β-unsaturated/α-hetero) is 2. The molecule has 0 N–H and O–H groups in total. The molecule has 1 aromatic carbocycles. The summed E-state index contributed by atoms with van der Waals surface area (Å²) >= 11 is 0. The van der Waals surface area contributed by atoms with E-state index in [9.17, 15) is 9.59 Å². The average Bonchev–Trinajstić information content (AvgIpc) is 2.79. The summed E-state index contributed by atoms with van der Waals surface area (Å²) in [7, 11) is 0. The molecule has 0 bridgehead atoms. The van der Waals surface area contributed by atoms with Crippen molar-refractivity contribution in [2.45, 2.75) is 83.1 Å². The zero-order valence-electron chi connectivity index (χ0n) is 26.6. The number of ketones is 2. The number of carbonyl (C=O) groups excluding carboxylic acids is 2. The van der Waals surface area contributed by atoms with Crippen LogP contribution >= 0.6 is 0 Å². The number of nitrogens with zero attached hydrogens (tertiary/aromatic N) is 1. The molecule has 3 nitrogen and oxygen atoms in total. The number of hydrogen-bond donors (Lipinski definition) is 0. The molecule has 0 radical (unpaired) electrons. The zero-order valence-corrected chi connectivity index (χ0v) is 26.6. The summed E-state index contributed by atoms with van der Waals surface area (Å²) in [5.74, 6) is 0.287. The fourth-order valence-corrected chi connectivity index (χ4v) is 4.51. The molecule has 0 unspecified atom stereocenters. The highest BCUT2D eigenvalue weighted by Crippen LogP contribution is 2.40. The third-order valence-corrected chi connectivity index (χ3v) is 6.82. The number of allylic oxidation sites excluding steroid dienone is 11. The summed E-state index contributed by atoms with van der Waals surface area (Å²) < 4.78 is 0. The van der Waals surface area contributed by atoms with Gasteiger partial charge in [0.15, 0.2) is 11.6 Å². The molecule has 3 heteroatoms. The third-order valence-electron chi connectivity index (χ3n) is 6.82. The Morgan fingerprint density at radius 3 is 1.18 bits per heavy atom. The highest BCUT2D eigenvalue weighted by atomic mass is 16.1. The van der Waals surface area contributed by atoms with Crippen molar-refractivity contribution in [1.82, 2.24) is 0 Å².